The predicted molar refractivity (Wildman–Crippen MR) is 77.0 cm³/mol. The zero-order chi connectivity index (χ0) is 13.9. The van der Waals surface area contributed by atoms with Gasteiger partial charge in [-0.3, -0.25) is 0 Å². The van der Waals surface area contributed by atoms with Gasteiger partial charge in [0.1, 0.15) is 6.17 Å². The molecule has 0 radical (unpaired) electrons. The van der Waals surface area contributed by atoms with Crippen molar-refractivity contribution >= 4 is 12.0 Å². The Morgan fingerprint density at radius 2 is 1.72 bits per heavy atom. The smallest absolute Gasteiger partial charge is 0.122 e. The second-order valence-electron chi connectivity index (χ2n) is 5.84. The van der Waals surface area contributed by atoms with E-state index in [9.17, 15) is 4.39 Å². The van der Waals surface area contributed by atoms with E-state index in [-0.39, 0.29) is 12.0 Å². The normalized spacial score (nSPS) is 13.7. The summed E-state index contributed by atoms with van der Waals surface area (Å²) >= 11 is 1.28. The maximum Gasteiger partial charge on any atom is 0.122 e. The van der Waals surface area contributed by atoms with Crippen LogP contribution in [0.3, 0.4) is 0 Å². The van der Waals surface area contributed by atoms with Crippen LogP contribution in [-0.2, 0) is 9.60 Å². The highest BCUT2D eigenvalue weighted by Crippen LogP contribution is 2.32. The number of alkyl halides is 1. The van der Waals surface area contributed by atoms with Gasteiger partial charge in [0.25, 0.3) is 0 Å². The Kier molecular flexibility index (Phi) is 5.23. The molecule has 0 saturated carbocycles. The van der Waals surface area contributed by atoms with E-state index in [1.165, 1.54) is 35.7 Å². The van der Waals surface area contributed by atoms with Gasteiger partial charge in [-0.1, -0.05) is 32.9 Å². The summed E-state index contributed by atoms with van der Waals surface area (Å²) in [5, 5.41) is 0. The average Bonchev–Trinajstić information content (AvgIpc) is 2.20. The van der Waals surface area contributed by atoms with Crippen LogP contribution in [0.2, 0.25) is 0 Å². The minimum Gasteiger partial charge on any atom is -0.307 e. The molecular weight excluding hydrogens is 247 g/mol. The van der Waals surface area contributed by atoms with E-state index in [1.54, 1.807) is 0 Å². The average molecular weight is 270 g/mol. The molecule has 18 heavy (non-hydrogen) atoms. The van der Waals surface area contributed by atoms with Gasteiger partial charge in [0, 0.05) is 16.9 Å². The summed E-state index contributed by atoms with van der Waals surface area (Å²) in [7, 11) is 0. The molecule has 0 fully saturated rings. The topological polar surface area (TPSA) is 9.23 Å². The van der Waals surface area contributed by atoms with E-state index in [0.29, 0.717) is 0 Å². The van der Waals surface area contributed by atoms with E-state index in [1.807, 2.05) is 0 Å². The van der Waals surface area contributed by atoms with Crippen molar-refractivity contribution in [3.63, 3.8) is 0 Å². The molecule has 0 bridgehead atoms. The first kappa shape index (κ1) is 15.5. The third-order valence-electron chi connectivity index (χ3n) is 2.77. The lowest BCUT2D eigenvalue weighted by Gasteiger charge is -2.22. The summed E-state index contributed by atoms with van der Waals surface area (Å²) in [5.74, 6) is 0. The highest BCUT2D eigenvalue weighted by molar-refractivity contribution is 7.94. The SMILES string of the molecule is Cc1cc(C(C)(C)C)cc(C)c1SOCC(C)F. The molecule has 0 heterocycles. The van der Waals surface area contributed by atoms with Gasteiger partial charge < -0.3 is 4.18 Å². The molecule has 1 nitrogen and oxygen atoms in total. The van der Waals surface area contributed by atoms with Crippen molar-refractivity contribution in [2.45, 2.75) is 58.0 Å². The molecule has 0 aliphatic rings. The standard InChI is InChI=1S/C15H23FOS/c1-10-7-13(15(4,5)6)8-11(2)14(10)18-17-9-12(3)16/h7-8,12H,9H2,1-6H3. The van der Waals surface area contributed by atoms with Gasteiger partial charge in [0.15, 0.2) is 0 Å². The van der Waals surface area contributed by atoms with Crippen molar-refractivity contribution in [1.29, 1.82) is 0 Å². The Morgan fingerprint density at radius 1 is 1.22 bits per heavy atom. The summed E-state index contributed by atoms with van der Waals surface area (Å²) in [6, 6.07) is 4.38. The van der Waals surface area contributed by atoms with Gasteiger partial charge in [0.05, 0.1) is 6.61 Å². The van der Waals surface area contributed by atoms with Crippen molar-refractivity contribution in [1.82, 2.24) is 0 Å². The van der Waals surface area contributed by atoms with Crippen molar-refractivity contribution in [3.8, 4) is 0 Å². The van der Waals surface area contributed by atoms with Crippen LogP contribution < -0.4 is 0 Å². The fraction of sp³-hybridized carbons (Fsp3) is 0.600. The molecule has 1 unspecified atom stereocenters. The van der Waals surface area contributed by atoms with Crippen LogP contribution in [0, 0.1) is 13.8 Å². The molecule has 1 aromatic carbocycles. The Hall–Kier alpha value is -0.540. The second kappa shape index (κ2) is 6.07. The minimum atomic E-state index is -0.924. The number of hydrogen-bond acceptors (Lipinski definition) is 2. The first-order valence-electron chi connectivity index (χ1n) is 6.27. The Labute approximate surface area is 114 Å². The third-order valence-corrected chi connectivity index (χ3v) is 3.83. The summed E-state index contributed by atoms with van der Waals surface area (Å²) in [5.41, 5.74) is 3.85. The third kappa shape index (κ3) is 4.29. The molecule has 0 aliphatic carbocycles. The van der Waals surface area contributed by atoms with Crippen LogP contribution in [-0.4, -0.2) is 12.8 Å². The molecule has 0 aromatic heterocycles. The second-order valence-corrected chi connectivity index (χ2v) is 6.65. The van der Waals surface area contributed by atoms with Crippen molar-refractivity contribution in [2.24, 2.45) is 0 Å². The molecular formula is C15H23FOS. The summed E-state index contributed by atoms with van der Waals surface area (Å²) < 4.78 is 18.0. The summed E-state index contributed by atoms with van der Waals surface area (Å²) in [6.07, 6.45) is -0.924. The van der Waals surface area contributed by atoms with Gasteiger partial charge >= 0.3 is 0 Å². The molecule has 3 heteroatoms. The Bertz CT molecular complexity index is 384. The fourth-order valence-electron chi connectivity index (χ4n) is 1.70. The molecule has 1 aromatic rings. The zero-order valence-corrected chi connectivity index (χ0v) is 13.0. The maximum atomic E-state index is 12.7. The minimum absolute atomic E-state index is 0.130. The van der Waals surface area contributed by atoms with Crippen LogP contribution in [0.25, 0.3) is 0 Å². The first-order chi connectivity index (χ1) is 8.21. The number of halogens is 1. The Morgan fingerprint density at radius 3 is 2.11 bits per heavy atom. The summed E-state index contributed by atoms with van der Waals surface area (Å²) in [4.78, 5) is 1.10. The van der Waals surface area contributed by atoms with Crippen LogP contribution in [0.5, 0.6) is 0 Å². The molecule has 0 aliphatic heterocycles. The lowest BCUT2D eigenvalue weighted by molar-refractivity contribution is 0.235. The van der Waals surface area contributed by atoms with Crippen LogP contribution >= 0.6 is 12.0 Å². The molecule has 1 atom stereocenters. The molecule has 0 saturated heterocycles. The predicted octanol–water partition coefficient (Wildman–Crippen LogP) is 4.98. The lowest BCUT2D eigenvalue weighted by Crippen LogP contribution is -2.12. The van der Waals surface area contributed by atoms with E-state index < -0.39 is 6.17 Å². The van der Waals surface area contributed by atoms with E-state index in [0.717, 1.165) is 4.90 Å². The quantitative estimate of drug-likeness (QED) is 0.713. The number of rotatable bonds is 4. The van der Waals surface area contributed by atoms with Crippen molar-refractivity contribution < 1.29 is 8.57 Å². The van der Waals surface area contributed by atoms with Gasteiger partial charge in [-0.15, -0.1) is 0 Å². The number of benzene rings is 1. The van der Waals surface area contributed by atoms with Gasteiger partial charge in [-0.25, -0.2) is 4.39 Å². The van der Waals surface area contributed by atoms with Crippen LogP contribution in [0.1, 0.15) is 44.4 Å². The van der Waals surface area contributed by atoms with Crippen LogP contribution in [0.15, 0.2) is 17.0 Å². The fourth-order valence-corrected chi connectivity index (χ4v) is 2.46. The van der Waals surface area contributed by atoms with Gasteiger partial charge in [0.2, 0.25) is 0 Å². The molecule has 1 rings (SSSR count). The van der Waals surface area contributed by atoms with Gasteiger partial charge in [-0.2, -0.15) is 0 Å². The van der Waals surface area contributed by atoms with E-state index >= 15 is 0 Å². The highest BCUT2D eigenvalue weighted by atomic mass is 32.2. The van der Waals surface area contributed by atoms with Crippen LogP contribution in [0.4, 0.5) is 4.39 Å². The highest BCUT2D eigenvalue weighted by Gasteiger charge is 2.16. The molecule has 0 amide bonds. The van der Waals surface area contributed by atoms with Gasteiger partial charge in [-0.05, 0) is 42.9 Å². The molecule has 102 valence electrons. The number of aryl methyl sites for hydroxylation is 2. The maximum absolute atomic E-state index is 12.7. The van der Waals surface area contributed by atoms with E-state index in [4.69, 9.17) is 4.18 Å². The zero-order valence-electron chi connectivity index (χ0n) is 12.1. The summed E-state index contributed by atoms with van der Waals surface area (Å²) in [6.45, 7) is 12.4. The van der Waals surface area contributed by atoms with Crippen molar-refractivity contribution in [2.75, 3.05) is 6.61 Å². The first-order valence-corrected chi connectivity index (χ1v) is 7.01. The largest absolute Gasteiger partial charge is 0.307 e. The van der Waals surface area contributed by atoms with Crippen molar-refractivity contribution in [3.05, 3.63) is 28.8 Å². The lowest BCUT2D eigenvalue weighted by atomic mass is 9.85. The molecule has 0 N–H and O–H groups in total. The molecule has 0 spiro atoms. The van der Waals surface area contributed by atoms with E-state index in [2.05, 4.69) is 46.8 Å². The number of hydrogen-bond donors (Lipinski definition) is 0. The Balaban J connectivity index is 2.88. The monoisotopic (exact) mass is 270 g/mol.